The number of carbonyl (C=O) groups is 1. The quantitative estimate of drug-likeness (QED) is 0.426. The number of likely N-dealkylation sites (tertiary alicyclic amines) is 1. The van der Waals surface area contributed by atoms with Crippen LogP contribution in [0, 0.1) is 5.92 Å². The smallest absolute Gasteiger partial charge is 0.264 e. The number of thiazole rings is 1. The number of nitrogens with zero attached hydrogens (tertiary/aromatic N) is 6. The number of nitrogens with one attached hydrogen (secondary N) is 1. The summed E-state index contributed by atoms with van der Waals surface area (Å²) in [5.41, 5.74) is 0.768. The lowest BCUT2D eigenvalue weighted by Crippen LogP contribution is -2.50. The molecule has 1 aliphatic carbocycles. The average Bonchev–Trinajstić information content (AvgIpc) is 3.41. The van der Waals surface area contributed by atoms with Crippen LogP contribution in [-0.4, -0.2) is 58.9 Å². The Hall–Kier alpha value is -3.57. The SMILES string of the molecule is O=C(C1CC1)N1CCC(O)(Cn2cnc3c(cnn3-c3cccc(Nc4nccs4)c3)c2=O)CC1. The maximum Gasteiger partial charge on any atom is 0.264 e. The number of rotatable bonds is 6. The van der Waals surface area contributed by atoms with Gasteiger partial charge in [-0.1, -0.05) is 6.07 Å². The summed E-state index contributed by atoms with van der Waals surface area (Å²) in [7, 11) is 0. The van der Waals surface area contributed by atoms with Crippen molar-refractivity contribution < 1.29 is 9.90 Å². The van der Waals surface area contributed by atoms with Crippen LogP contribution in [0.2, 0.25) is 0 Å². The van der Waals surface area contributed by atoms with Gasteiger partial charge in [-0.05, 0) is 43.9 Å². The fourth-order valence-corrected chi connectivity index (χ4v) is 5.13. The van der Waals surface area contributed by atoms with Gasteiger partial charge >= 0.3 is 0 Å². The largest absolute Gasteiger partial charge is 0.388 e. The molecule has 2 fully saturated rings. The number of carbonyl (C=O) groups excluding carboxylic acids is 1. The maximum atomic E-state index is 13.2. The highest BCUT2D eigenvalue weighted by molar-refractivity contribution is 7.13. The minimum absolute atomic E-state index is 0.138. The molecule has 1 amide bonds. The number of benzene rings is 1. The molecule has 4 aromatic rings. The molecule has 0 radical (unpaired) electrons. The Bertz CT molecular complexity index is 1430. The molecular weight excluding hydrogens is 466 g/mol. The second kappa shape index (κ2) is 8.58. The first-order valence-electron chi connectivity index (χ1n) is 11.7. The molecule has 6 rings (SSSR count). The highest BCUT2D eigenvalue weighted by Crippen LogP contribution is 2.33. The Kier molecular flexibility index (Phi) is 5.37. The van der Waals surface area contributed by atoms with Crippen molar-refractivity contribution in [2.24, 2.45) is 5.92 Å². The van der Waals surface area contributed by atoms with Gasteiger partial charge in [0.2, 0.25) is 5.91 Å². The van der Waals surface area contributed by atoms with Crippen LogP contribution in [0.5, 0.6) is 0 Å². The number of amides is 1. The Morgan fingerprint density at radius 2 is 2.06 bits per heavy atom. The van der Waals surface area contributed by atoms with E-state index in [4.69, 9.17) is 0 Å². The van der Waals surface area contributed by atoms with E-state index in [2.05, 4.69) is 20.4 Å². The third kappa shape index (κ3) is 4.32. The second-order valence-corrected chi connectivity index (χ2v) is 10.2. The molecule has 1 saturated heterocycles. The molecule has 1 aromatic carbocycles. The van der Waals surface area contributed by atoms with Gasteiger partial charge in [0.05, 0.1) is 24.0 Å². The van der Waals surface area contributed by atoms with Crippen LogP contribution < -0.4 is 10.9 Å². The van der Waals surface area contributed by atoms with Crippen LogP contribution in [0.15, 0.2) is 53.2 Å². The molecule has 180 valence electrons. The lowest BCUT2D eigenvalue weighted by molar-refractivity contribution is -0.137. The van der Waals surface area contributed by atoms with E-state index in [1.807, 2.05) is 34.5 Å². The summed E-state index contributed by atoms with van der Waals surface area (Å²) in [6, 6.07) is 7.64. The summed E-state index contributed by atoms with van der Waals surface area (Å²) < 4.78 is 3.08. The van der Waals surface area contributed by atoms with E-state index >= 15 is 0 Å². The zero-order valence-corrected chi connectivity index (χ0v) is 19.8. The number of anilines is 2. The third-order valence-electron chi connectivity index (χ3n) is 6.73. The minimum atomic E-state index is -1.05. The highest BCUT2D eigenvalue weighted by atomic mass is 32.1. The molecule has 2 N–H and O–H groups in total. The fraction of sp³-hybridized carbons (Fsp3) is 0.375. The van der Waals surface area contributed by atoms with Crippen molar-refractivity contribution in [3.8, 4) is 5.69 Å². The van der Waals surface area contributed by atoms with Gasteiger partial charge in [0.15, 0.2) is 10.8 Å². The van der Waals surface area contributed by atoms with Gasteiger partial charge in [0, 0.05) is 36.3 Å². The summed E-state index contributed by atoms with van der Waals surface area (Å²) in [6.45, 7) is 1.16. The van der Waals surface area contributed by atoms with Crippen molar-refractivity contribution in [1.82, 2.24) is 29.2 Å². The van der Waals surface area contributed by atoms with E-state index in [9.17, 15) is 14.7 Å². The predicted molar refractivity (Wildman–Crippen MR) is 132 cm³/mol. The molecule has 10 nitrogen and oxygen atoms in total. The Balaban J connectivity index is 1.22. The summed E-state index contributed by atoms with van der Waals surface area (Å²) >= 11 is 1.51. The van der Waals surface area contributed by atoms with E-state index in [1.54, 1.807) is 10.9 Å². The van der Waals surface area contributed by atoms with Crippen molar-refractivity contribution in [2.45, 2.75) is 37.8 Å². The van der Waals surface area contributed by atoms with Crippen molar-refractivity contribution in [3.63, 3.8) is 0 Å². The fourth-order valence-electron chi connectivity index (χ4n) is 4.58. The first-order valence-corrected chi connectivity index (χ1v) is 12.6. The molecule has 3 aromatic heterocycles. The number of piperidine rings is 1. The zero-order valence-electron chi connectivity index (χ0n) is 19.0. The number of aromatic nitrogens is 5. The first-order chi connectivity index (χ1) is 17.0. The molecule has 2 aliphatic rings. The normalized spacial score (nSPS) is 17.6. The summed E-state index contributed by atoms with van der Waals surface area (Å²) in [4.78, 5) is 36.1. The molecule has 11 heteroatoms. The monoisotopic (exact) mass is 491 g/mol. The Morgan fingerprint density at radius 3 is 2.80 bits per heavy atom. The van der Waals surface area contributed by atoms with Crippen LogP contribution in [-0.2, 0) is 11.3 Å². The van der Waals surface area contributed by atoms with Crippen LogP contribution >= 0.6 is 11.3 Å². The van der Waals surface area contributed by atoms with Gasteiger partial charge in [0.25, 0.3) is 5.56 Å². The van der Waals surface area contributed by atoms with Crippen molar-refractivity contribution in [2.75, 3.05) is 18.4 Å². The Morgan fingerprint density at radius 1 is 1.23 bits per heavy atom. The van der Waals surface area contributed by atoms with Crippen molar-refractivity contribution in [1.29, 1.82) is 0 Å². The van der Waals surface area contributed by atoms with Crippen LogP contribution in [0.3, 0.4) is 0 Å². The molecule has 0 spiro atoms. The predicted octanol–water partition coefficient (Wildman–Crippen LogP) is 2.55. The maximum absolute atomic E-state index is 13.2. The summed E-state index contributed by atoms with van der Waals surface area (Å²) in [5.74, 6) is 0.376. The molecule has 0 bridgehead atoms. The van der Waals surface area contributed by atoms with Gasteiger partial charge in [0.1, 0.15) is 11.7 Å². The van der Waals surface area contributed by atoms with Crippen LogP contribution in [0.25, 0.3) is 16.7 Å². The topological polar surface area (TPSA) is 118 Å². The molecule has 0 atom stereocenters. The Labute approximate surface area is 204 Å². The van der Waals surface area contributed by atoms with Gasteiger partial charge in [-0.2, -0.15) is 5.10 Å². The average molecular weight is 492 g/mol. The summed E-state index contributed by atoms with van der Waals surface area (Å²) in [6.07, 6.45) is 7.55. The first kappa shape index (κ1) is 21.9. The number of hydrogen-bond acceptors (Lipinski definition) is 8. The lowest BCUT2D eigenvalue weighted by atomic mass is 9.91. The van der Waals surface area contributed by atoms with E-state index in [-0.39, 0.29) is 23.9 Å². The van der Waals surface area contributed by atoms with Gasteiger partial charge in [-0.25, -0.2) is 14.6 Å². The molecule has 0 unspecified atom stereocenters. The molecule has 1 saturated carbocycles. The molecular formula is C24H25N7O3S. The molecule has 4 heterocycles. The van der Waals surface area contributed by atoms with Crippen molar-refractivity contribution in [3.05, 3.63) is 58.7 Å². The number of fused-ring (bicyclic) bond motifs is 1. The van der Waals surface area contributed by atoms with E-state index in [0.29, 0.717) is 37.0 Å². The summed E-state index contributed by atoms with van der Waals surface area (Å²) in [5, 5.41) is 21.9. The van der Waals surface area contributed by atoms with E-state index < -0.39 is 5.60 Å². The lowest BCUT2D eigenvalue weighted by Gasteiger charge is -2.38. The molecule has 35 heavy (non-hydrogen) atoms. The van der Waals surface area contributed by atoms with Gasteiger partial charge < -0.3 is 15.3 Å². The molecule has 1 aliphatic heterocycles. The van der Waals surface area contributed by atoms with Gasteiger partial charge in [-0.15, -0.1) is 11.3 Å². The van der Waals surface area contributed by atoms with E-state index in [0.717, 1.165) is 29.3 Å². The highest BCUT2D eigenvalue weighted by Gasteiger charge is 2.39. The number of hydrogen-bond donors (Lipinski definition) is 2. The third-order valence-corrected chi connectivity index (χ3v) is 7.41. The van der Waals surface area contributed by atoms with Gasteiger partial charge in [-0.3, -0.25) is 14.2 Å². The van der Waals surface area contributed by atoms with Crippen molar-refractivity contribution >= 4 is 39.1 Å². The number of aliphatic hydroxyl groups is 1. The zero-order chi connectivity index (χ0) is 24.0. The minimum Gasteiger partial charge on any atom is -0.388 e. The standard InChI is InChI=1S/C24H25N7O3S/c32-21(16-4-5-16)29-9-6-24(34,7-10-29)14-30-15-26-20-19(22(30)33)13-27-31(20)18-3-1-2-17(12-18)28-23-25-8-11-35-23/h1-3,8,11-13,15-16,34H,4-7,9-10,14H2,(H,25,28). The van der Waals surface area contributed by atoms with Crippen LogP contribution in [0.4, 0.5) is 10.8 Å². The van der Waals surface area contributed by atoms with E-state index in [1.165, 1.54) is 28.4 Å². The van der Waals surface area contributed by atoms with Crippen LogP contribution in [0.1, 0.15) is 25.7 Å². The second-order valence-electron chi connectivity index (χ2n) is 9.31.